The Labute approximate surface area is 60.0 Å². The lowest BCUT2D eigenvalue weighted by Gasteiger charge is -2.06. The molecule has 3 N–H and O–H groups in total. The van der Waals surface area contributed by atoms with Gasteiger partial charge in [-0.1, -0.05) is 6.92 Å². The summed E-state index contributed by atoms with van der Waals surface area (Å²) in [6.45, 7) is 1.90. The number of nitrogens with two attached hydrogens (primary N) is 1. The Bertz CT molecular complexity index is 105. The molecule has 0 aliphatic heterocycles. The number of hydrogen-bond donors (Lipinski definition) is 2. The Kier molecular flexibility index (Phi) is 4.88. The standard InChI is InChI=1S/C6H13NO3/c1-2-3-10-6(9)5(7)4-8/h5,8H,2-4,7H2,1H3. The molecule has 60 valence electrons. The van der Waals surface area contributed by atoms with Crippen LogP contribution in [0.3, 0.4) is 0 Å². The molecule has 4 nitrogen and oxygen atoms in total. The lowest BCUT2D eigenvalue weighted by Crippen LogP contribution is -2.35. The second-order valence-electron chi connectivity index (χ2n) is 1.96. The van der Waals surface area contributed by atoms with Crippen molar-refractivity contribution >= 4 is 5.97 Å². The van der Waals surface area contributed by atoms with Crippen molar-refractivity contribution in [1.29, 1.82) is 0 Å². The zero-order chi connectivity index (χ0) is 7.98. The highest BCUT2D eigenvalue weighted by atomic mass is 16.5. The summed E-state index contributed by atoms with van der Waals surface area (Å²) in [7, 11) is 0. The number of ether oxygens (including phenoxy) is 1. The highest BCUT2D eigenvalue weighted by Gasteiger charge is 2.11. The number of carbonyl (C=O) groups excluding carboxylic acids is 1. The smallest absolute Gasteiger partial charge is 0.325 e. The Morgan fingerprint density at radius 3 is 2.80 bits per heavy atom. The lowest BCUT2D eigenvalue weighted by molar-refractivity contribution is -0.146. The average Bonchev–Trinajstić information content (AvgIpc) is 1.98. The van der Waals surface area contributed by atoms with E-state index in [1.54, 1.807) is 0 Å². The molecule has 1 atom stereocenters. The molecule has 1 unspecified atom stereocenters. The van der Waals surface area contributed by atoms with Crippen molar-refractivity contribution in [3.8, 4) is 0 Å². The first-order chi connectivity index (χ1) is 4.72. The number of aliphatic hydroxyl groups is 1. The summed E-state index contributed by atoms with van der Waals surface area (Å²) < 4.78 is 4.62. The summed E-state index contributed by atoms with van der Waals surface area (Å²) in [6, 6.07) is -0.883. The first-order valence-corrected chi connectivity index (χ1v) is 3.25. The fourth-order valence-corrected chi connectivity index (χ4v) is 0.384. The molecular formula is C6H13NO3. The van der Waals surface area contributed by atoms with Gasteiger partial charge in [-0.2, -0.15) is 0 Å². The summed E-state index contributed by atoms with van der Waals surface area (Å²) >= 11 is 0. The zero-order valence-electron chi connectivity index (χ0n) is 6.04. The molecule has 0 aromatic carbocycles. The van der Waals surface area contributed by atoms with Crippen LogP contribution in [0, 0.1) is 0 Å². The van der Waals surface area contributed by atoms with Crippen LogP contribution in [-0.2, 0) is 9.53 Å². The second-order valence-corrected chi connectivity index (χ2v) is 1.96. The predicted molar refractivity (Wildman–Crippen MR) is 36.3 cm³/mol. The van der Waals surface area contributed by atoms with Crippen molar-refractivity contribution in [3.05, 3.63) is 0 Å². The molecule has 0 aliphatic rings. The van der Waals surface area contributed by atoms with Crippen molar-refractivity contribution in [2.24, 2.45) is 5.73 Å². The molecule has 0 amide bonds. The molecule has 0 rings (SSSR count). The fourth-order valence-electron chi connectivity index (χ4n) is 0.384. The maximum atomic E-state index is 10.6. The van der Waals surface area contributed by atoms with E-state index in [0.29, 0.717) is 6.61 Å². The van der Waals surface area contributed by atoms with E-state index >= 15 is 0 Å². The van der Waals surface area contributed by atoms with Gasteiger partial charge in [0, 0.05) is 0 Å². The van der Waals surface area contributed by atoms with Gasteiger partial charge in [0.15, 0.2) is 0 Å². The highest BCUT2D eigenvalue weighted by molar-refractivity contribution is 5.75. The molecule has 0 radical (unpaired) electrons. The number of rotatable bonds is 4. The third-order valence-corrected chi connectivity index (χ3v) is 0.948. The second kappa shape index (κ2) is 5.20. The molecule has 0 saturated carbocycles. The van der Waals surface area contributed by atoms with Gasteiger partial charge in [0.1, 0.15) is 6.04 Å². The molecule has 0 aromatic heterocycles. The molecule has 0 fully saturated rings. The van der Waals surface area contributed by atoms with Gasteiger partial charge in [-0.25, -0.2) is 0 Å². The average molecular weight is 147 g/mol. The quantitative estimate of drug-likeness (QED) is 0.514. The molecule has 10 heavy (non-hydrogen) atoms. The maximum absolute atomic E-state index is 10.6. The van der Waals surface area contributed by atoms with E-state index in [4.69, 9.17) is 10.8 Å². The SMILES string of the molecule is CCCOC(=O)C(N)CO. The van der Waals surface area contributed by atoms with Crippen LogP contribution < -0.4 is 5.73 Å². The van der Waals surface area contributed by atoms with Gasteiger partial charge in [0.2, 0.25) is 0 Å². The summed E-state index contributed by atoms with van der Waals surface area (Å²) in [5.41, 5.74) is 5.13. The van der Waals surface area contributed by atoms with E-state index in [2.05, 4.69) is 4.74 Å². The van der Waals surface area contributed by atoms with E-state index in [9.17, 15) is 4.79 Å². The van der Waals surface area contributed by atoms with Gasteiger partial charge in [-0.05, 0) is 6.42 Å². The van der Waals surface area contributed by atoms with E-state index < -0.39 is 12.0 Å². The van der Waals surface area contributed by atoms with Crippen LogP contribution in [0.5, 0.6) is 0 Å². The largest absolute Gasteiger partial charge is 0.464 e. The number of esters is 1. The minimum Gasteiger partial charge on any atom is -0.464 e. The molecule has 0 spiro atoms. The number of hydrogen-bond acceptors (Lipinski definition) is 4. The first kappa shape index (κ1) is 9.39. The zero-order valence-corrected chi connectivity index (χ0v) is 6.04. The van der Waals surface area contributed by atoms with Crippen LogP contribution >= 0.6 is 0 Å². The van der Waals surface area contributed by atoms with Gasteiger partial charge >= 0.3 is 5.97 Å². The molecule has 0 saturated heterocycles. The van der Waals surface area contributed by atoms with Crippen molar-refractivity contribution in [3.63, 3.8) is 0 Å². The van der Waals surface area contributed by atoms with Crippen molar-refractivity contribution in [2.75, 3.05) is 13.2 Å². The van der Waals surface area contributed by atoms with Crippen LogP contribution in [0.2, 0.25) is 0 Å². The van der Waals surface area contributed by atoms with Crippen molar-refractivity contribution in [2.45, 2.75) is 19.4 Å². The lowest BCUT2D eigenvalue weighted by atomic mass is 10.3. The number of carbonyl (C=O) groups is 1. The Morgan fingerprint density at radius 1 is 1.80 bits per heavy atom. The molecule has 4 heteroatoms. The monoisotopic (exact) mass is 147 g/mol. The van der Waals surface area contributed by atoms with E-state index in [-0.39, 0.29) is 6.61 Å². The normalized spacial score (nSPS) is 12.7. The fraction of sp³-hybridized carbons (Fsp3) is 0.833. The third-order valence-electron chi connectivity index (χ3n) is 0.948. The predicted octanol–water partition coefficient (Wildman–Crippen LogP) is -0.741. The maximum Gasteiger partial charge on any atom is 0.325 e. The topological polar surface area (TPSA) is 72.5 Å². The minimum atomic E-state index is -0.883. The van der Waals surface area contributed by atoms with Gasteiger partial charge in [-0.3, -0.25) is 4.79 Å². The first-order valence-electron chi connectivity index (χ1n) is 3.25. The van der Waals surface area contributed by atoms with Crippen LogP contribution in [-0.4, -0.2) is 30.3 Å². The molecule has 0 bridgehead atoms. The molecule has 0 aromatic rings. The summed E-state index contributed by atoms with van der Waals surface area (Å²) in [5.74, 6) is -0.538. The summed E-state index contributed by atoms with van der Waals surface area (Å²) in [6.07, 6.45) is 0.768. The van der Waals surface area contributed by atoms with Gasteiger partial charge in [0.05, 0.1) is 13.2 Å². The summed E-state index contributed by atoms with van der Waals surface area (Å²) in [5, 5.41) is 8.38. The van der Waals surface area contributed by atoms with Crippen LogP contribution in [0.15, 0.2) is 0 Å². The van der Waals surface area contributed by atoms with Crippen molar-refractivity contribution in [1.82, 2.24) is 0 Å². The van der Waals surface area contributed by atoms with Crippen LogP contribution in [0.4, 0.5) is 0 Å². The van der Waals surface area contributed by atoms with E-state index in [1.165, 1.54) is 0 Å². The van der Waals surface area contributed by atoms with Crippen molar-refractivity contribution < 1.29 is 14.6 Å². The van der Waals surface area contributed by atoms with Gasteiger partial charge in [0.25, 0.3) is 0 Å². The van der Waals surface area contributed by atoms with Crippen LogP contribution in [0.25, 0.3) is 0 Å². The molecule has 0 aliphatic carbocycles. The highest BCUT2D eigenvalue weighted by Crippen LogP contribution is 1.85. The minimum absolute atomic E-state index is 0.359. The number of aliphatic hydroxyl groups excluding tert-OH is 1. The molecule has 0 heterocycles. The van der Waals surface area contributed by atoms with Gasteiger partial charge < -0.3 is 15.6 Å². The van der Waals surface area contributed by atoms with E-state index in [0.717, 1.165) is 6.42 Å². The Hall–Kier alpha value is -0.610. The Morgan fingerprint density at radius 2 is 2.40 bits per heavy atom. The summed E-state index contributed by atoms with van der Waals surface area (Å²) in [4.78, 5) is 10.6. The van der Waals surface area contributed by atoms with Crippen LogP contribution in [0.1, 0.15) is 13.3 Å². The van der Waals surface area contributed by atoms with Gasteiger partial charge in [-0.15, -0.1) is 0 Å². The molecular weight excluding hydrogens is 134 g/mol. The Balaban J connectivity index is 3.42. The van der Waals surface area contributed by atoms with E-state index in [1.807, 2.05) is 6.92 Å². The third kappa shape index (κ3) is 3.42.